The predicted molar refractivity (Wildman–Crippen MR) is 130 cm³/mol. The molecule has 31 heavy (non-hydrogen) atoms. The lowest BCUT2D eigenvalue weighted by atomic mass is 9.89. The van der Waals surface area contributed by atoms with Crippen molar-refractivity contribution < 1.29 is 4.79 Å². The Labute approximate surface area is 190 Å². The number of carbonyl (C=O) groups is 1. The highest BCUT2D eigenvalue weighted by atomic mass is 32.1. The lowest BCUT2D eigenvalue weighted by molar-refractivity contribution is 0.0782. The molecule has 2 aromatic carbocycles. The van der Waals surface area contributed by atoms with Gasteiger partial charge in [0.2, 0.25) is 0 Å². The van der Waals surface area contributed by atoms with Crippen LogP contribution in [0, 0.1) is 5.92 Å². The summed E-state index contributed by atoms with van der Waals surface area (Å²) in [4.78, 5) is 17.2. The summed E-state index contributed by atoms with van der Waals surface area (Å²) < 4.78 is 0. The molecule has 2 aliphatic rings. The Kier molecular flexibility index (Phi) is 7.92. The molecule has 3 heterocycles. The largest absolute Gasteiger partial charge is 0.338 e. The molecule has 0 aliphatic carbocycles. The zero-order chi connectivity index (χ0) is 21.3. The van der Waals surface area contributed by atoms with E-state index in [0.29, 0.717) is 11.8 Å². The van der Waals surface area contributed by atoms with E-state index in [2.05, 4.69) is 35.2 Å². The average molecular weight is 433 g/mol. The Bertz CT molecular complexity index is 872. The molecule has 3 nitrogen and oxygen atoms in total. The molecule has 2 fully saturated rings. The number of likely N-dealkylation sites (tertiary alicyclic amines) is 2. The lowest BCUT2D eigenvalue weighted by Gasteiger charge is -2.33. The van der Waals surface area contributed by atoms with Gasteiger partial charge >= 0.3 is 0 Å². The van der Waals surface area contributed by atoms with E-state index >= 15 is 0 Å². The normalized spacial score (nSPS) is 19.6. The van der Waals surface area contributed by atoms with Crippen molar-refractivity contribution in [3.63, 3.8) is 0 Å². The molecule has 3 aromatic rings. The third kappa shape index (κ3) is 6.28. The van der Waals surface area contributed by atoms with Gasteiger partial charge in [-0.05, 0) is 72.6 Å². The smallest absolute Gasteiger partial charge is 0.253 e. The number of benzene rings is 2. The molecule has 1 amide bonds. The molecule has 0 spiro atoms. The standard InChI is InChI=1S/C23H28N2O.C4H4S/c26-23(22-9-5-2-6-10-22)25-16-11-19(18-25)17-24-14-12-21(13-15-24)20-7-3-1-4-8-20;1-2-4-5-3-1/h1-10,19,21H,11-18H2;1-4H. The SMILES string of the molecule is O=C(c1ccccc1)N1CCC(CN2CCC(c3ccccc3)CC2)C1.c1ccsc1. The molecular weight excluding hydrogens is 400 g/mol. The minimum atomic E-state index is 0.191. The van der Waals surface area contributed by atoms with Crippen molar-refractivity contribution in [2.24, 2.45) is 5.92 Å². The summed E-state index contributed by atoms with van der Waals surface area (Å²) >= 11 is 1.71. The van der Waals surface area contributed by atoms with Crippen LogP contribution < -0.4 is 0 Å². The predicted octanol–water partition coefficient (Wildman–Crippen LogP) is 5.78. The van der Waals surface area contributed by atoms with Gasteiger partial charge in [-0.1, -0.05) is 60.7 Å². The van der Waals surface area contributed by atoms with Gasteiger partial charge in [0, 0.05) is 25.2 Å². The van der Waals surface area contributed by atoms with Crippen LogP contribution in [0.2, 0.25) is 0 Å². The average Bonchev–Trinajstić information content (AvgIpc) is 3.56. The van der Waals surface area contributed by atoms with E-state index in [-0.39, 0.29) is 5.91 Å². The first kappa shape index (κ1) is 21.8. The van der Waals surface area contributed by atoms with E-state index in [1.165, 1.54) is 31.5 Å². The molecule has 162 valence electrons. The topological polar surface area (TPSA) is 23.6 Å². The van der Waals surface area contributed by atoms with E-state index < -0.39 is 0 Å². The van der Waals surface area contributed by atoms with Crippen molar-refractivity contribution in [2.45, 2.75) is 25.2 Å². The lowest BCUT2D eigenvalue weighted by Crippen LogP contribution is -2.37. The number of carbonyl (C=O) groups excluding carboxylic acids is 1. The highest BCUT2D eigenvalue weighted by Gasteiger charge is 2.29. The molecule has 2 aliphatic heterocycles. The Hall–Kier alpha value is -2.43. The fourth-order valence-corrected chi connectivity index (χ4v) is 5.15. The van der Waals surface area contributed by atoms with Gasteiger partial charge in [0.25, 0.3) is 5.91 Å². The maximum atomic E-state index is 12.6. The fraction of sp³-hybridized carbons (Fsp3) is 0.370. The molecule has 1 unspecified atom stereocenters. The van der Waals surface area contributed by atoms with Crippen LogP contribution in [0.1, 0.15) is 41.1 Å². The van der Waals surface area contributed by atoms with Crippen molar-refractivity contribution in [1.82, 2.24) is 9.80 Å². The first-order chi connectivity index (χ1) is 15.3. The van der Waals surface area contributed by atoms with E-state index in [9.17, 15) is 4.79 Å². The second-order valence-electron chi connectivity index (χ2n) is 8.55. The van der Waals surface area contributed by atoms with Gasteiger partial charge in [-0.25, -0.2) is 0 Å². The quantitative estimate of drug-likeness (QED) is 0.522. The van der Waals surface area contributed by atoms with Gasteiger partial charge in [-0.15, -0.1) is 0 Å². The Morgan fingerprint density at radius 1 is 0.806 bits per heavy atom. The molecule has 0 radical (unpaired) electrons. The summed E-state index contributed by atoms with van der Waals surface area (Å²) in [6.45, 7) is 5.32. The molecule has 4 heteroatoms. The third-order valence-electron chi connectivity index (χ3n) is 6.39. The summed E-state index contributed by atoms with van der Waals surface area (Å²) in [6.07, 6.45) is 3.64. The van der Waals surface area contributed by atoms with Crippen molar-refractivity contribution in [1.29, 1.82) is 0 Å². The van der Waals surface area contributed by atoms with Gasteiger partial charge in [0.1, 0.15) is 0 Å². The minimum absolute atomic E-state index is 0.191. The van der Waals surface area contributed by atoms with Crippen LogP contribution in [-0.2, 0) is 0 Å². The van der Waals surface area contributed by atoms with Crippen molar-refractivity contribution >= 4 is 17.2 Å². The van der Waals surface area contributed by atoms with Gasteiger partial charge in [-0.2, -0.15) is 11.3 Å². The van der Waals surface area contributed by atoms with E-state index in [1.807, 2.05) is 58.1 Å². The number of hydrogen-bond acceptors (Lipinski definition) is 3. The maximum absolute atomic E-state index is 12.6. The van der Waals surface area contributed by atoms with Gasteiger partial charge in [-0.3, -0.25) is 4.79 Å². The first-order valence-corrected chi connectivity index (χ1v) is 12.3. The monoisotopic (exact) mass is 432 g/mol. The summed E-state index contributed by atoms with van der Waals surface area (Å²) in [6, 6.07) is 24.7. The molecular formula is C27H32N2OS. The maximum Gasteiger partial charge on any atom is 0.253 e. The number of hydrogen-bond donors (Lipinski definition) is 0. The van der Waals surface area contributed by atoms with Crippen LogP contribution >= 0.6 is 11.3 Å². The van der Waals surface area contributed by atoms with E-state index in [0.717, 1.165) is 31.6 Å². The van der Waals surface area contributed by atoms with Gasteiger partial charge < -0.3 is 9.80 Å². The highest BCUT2D eigenvalue weighted by molar-refractivity contribution is 7.07. The zero-order valence-electron chi connectivity index (χ0n) is 18.1. The number of piperidine rings is 1. The molecule has 0 N–H and O–H groups in total. The molecule has 5 rings (SSSR count). The number of nitrogens with zero attached hydrogens (tertiary/aromatic N) is 2. The van der Waals surface area contributed by atoms with E-state index in [1.54, 1.807) is 11.3 Å². The molecule has 0 bridgehead atoms. The zero-order valence-corrected chi connectivity index (χ0v) is 18.9. The van der Waals surface area contributed by atoms with Crippen LogP contribution in [0.5, 0.6) is 0 Å². The van der Waals surface area contributed by atoms with Crippen LogP contribution in [-0.4, -0.2) is 48.4 Å². The Morgan fingerprint density at radius 2 is 1.45 bits per heavy atom. The number of amides is 1. The van der Waals surface area contributed by atoms with Crippen molar-refractivity contribution in [3.8, 4) is 0 Å². The molecule has 1 atom stereocenters. The second kappa shape index (κ2) is 11.3. The van der Waals surface area contributed by atoms with E-state index in [4.69, 9.17) is 0 Å². The summed E-state index contributed by atoms with van der Waals surface area (Å²) in [7, 11) is 0. The van der Waals surface area contributed by atoms with Crippen LogP contribution in [0.3, 0.4) is 0 Å². The van der Waals surface area contributed by atoms with Gasteiger partial charge in [0.15, 0.2) is 0 Å². The van der Waals surface area contributed by atoms with Crippen molar-refractivity contribution in [2.75, 3.05) is 32.7 Å². The number of thiophene rings is 1. The first-order valence-electron chi connectivity index (χ1n) is 11.4. The highest BCUT2D eigenvalue weighted by Crippen LogP contribution is 2.29. The minimum Gasteiger partial charge on any atom is -0.338 e. The molecule has 2 saturated heterocycles. The van der Waals surface area contributed by atoms with Crippen LogP contribution in [0.15, 0.2) is 83.6 Å². The van der Waals surface area contributed by atoms with Gasteiger partial charge in [0.05, 0.1) is 0 Å². The molecule has 1 aromatic heterocycles. The second-order valence-corrected chi connectivity index (χ2v) is 9.37. The summed E-state index contributed by atoms with van der Waals surface area (Å²) in [5.74, 6) is 1.53. The van der Waals surface area contributed by atoms with Crippen LogP contribution in [0.4, 0.5) is 0 Å². The van der Waals surface area contributed by atoms with Crippen LogP contribution in [0.25, 0.3) is 0 Å². The Morgan fingerprint density at radius 3 is 2.06 bits per heavy atom. The molecule has 0 saturated carbocycles. The number of rotatable bonds is 4. The third-order valence-corrected chi connectivity index (χ3v) is 7.02. The fourth-order valence-electron chi connectivity index (χ4n) is 4.70. The summed E-state index contributed by atoms with van der Waals surface area (Å²) in [5.41, 5.74) is 2.31. The summed E-state index contributed by atoms with van der Waals surface area (Å²) in [5, 5.41) is 4.08. The Balaban J connectivity index is 0.000000407. The van der Waals surface area contributed by atoms with Crippen molar-refractivity contribution in [3.05, 3.63) is 94.7 Å².